The van der Waals surface area contributed by atoms with Crippen molar-refractivity contribution >= 4 is 31.9 Å². The number of nitrogens with one attached hydrogen (secondary N) is 1. The minimum Gasteiger partial charge on any atom is -0.310 e. The minimum atomic E-state index is 0.327. The van der Waals surface area contributed by atoms with Gasteiger partial charge >= 0.3 is 0 Å². The van der Waals surface area contributed by atoms with Crippen molar-refractivity contribution in [3.8, 4) is 0 Å². The summed E-state index contributed by atoms with van der Waals surface area (Å²) >= 11 is 7.26. The Morgan fingerprint density at radius 1 is 1.10 bits per heavy atom. The molecule has 1 atom stereocenters. The summed E-state index contributed by atoms with van der Waals surface area (Å²) in [6.45, 7) is 5.37. The summed E-state index contributed by atoms with van der Waals surface area (Å²) in [6.07, 6.45) is 2.12. The van der Waals surface area contributed by atoms with Crippen LogP contribution in [-0.4, -0.2) is 6.54 Å². The van der Waals surface area contributed by atoms with E-state index in [1.165, 1.54) is 21.2 Å². The largest absolute Gasteiger partial charge is 0.310 e. The quantitative estimate of drug-likeness (QED) is 0.634. The van der Waals surface area contributed by atoms with Crippen molar-refractivity contribution in [1.29, 1.82) is 0 Å². The summed E-state index contributed by atoms with van der Waals surface area (Å²) in [4.78, 5) is 0. The normalized spacial score (nSPS) is 12.4. The lowest BCUT2D eigenvalue weighted by Crippen LogP contribution is -2.24. The van der Waals surface area contributed by atoms with E-state index >= 15 is 0 Å². The van der Waals surface area contributed by atoms with Crippen molar-refractivity contribution in [3.63, 3.8) is 0 Å². The first-order valence-electron chi connectivity index (χ1n) is 7.34. The van der Waals surface area contributed by atoms with Crippen LogP contribution in [0, 0.1) is 6.92 Å². The lowest BCUT2D eigenvalue weighted by atomic mass is 9.97. The van der Waals surface area contributed by atoms with E-state index in [1.54, 1.807) is 0 Å². The van der Waals surface area contributed by atoms with Crippen LogP contribution in [0.5, 0.6) is 0 Å². The number of hydrogen-bond donors (Lipinski definition) is 1. The van der Waals surface area contributed by atoms with Crippen LogP contribution in [0.1, 0.15) is 36.1 Å². The molecule has 0 aliphatic heterocycles. The molecule has 0 fully saturated rings. The molecule has 0 saturated carbocycles. The first kappa shape index (κ1) is 16.7. The minimum absolute atomic E-state index is 0.327. The van der Waals surface area contributed by atoms with Gasteiger partial charge in [-0.05, 0) is 55.6 Å². The van der Waals surface area contributed by atoms with Crippen LogP contribution in [0.25, 0.3) is 0 Å². The molecule has 2 aromatic carbocycles. The molecule has 21 heavy (non-hydrogen) atoms. The lowest BCUT2D eigenvalue weighted by Gasteiger charge is -2.21. The van der Waals surface area contributed by atoms with E-state index in [-0.39, 0.29) is 0 Å². The Morgan fingerprint density at radius 2 is 1.90 bits per heavy atom. The summed E-state index contributed by atoms with van der Waals surface area (Å²) in [5.74, 6) is 0. The van der Waals surface area contributed by atoms with Crippen LogP contribution < -0.4 is 5.32 Å². The van der Waals surface area contributed by atoms with Crippen LogP contribution in [0.4, 0.5) is 0 Å². The first-order valence-corrected chi connectivity index (χ1v) is 8.92. The number of halogens is 2. The Balaban J connectivity index is 2.27. The fourth-order valence-corrected chi connectivity index (χ4v) is 3.41. The number of aryl methyl sites for hydroxylation is 1. The van der Waals surface area contributed by atoms with E-state index < -0.39 is 0 Å². The highest BCUT2D eigenvalue weighted by atomic mass is 79.9. The fraction of sp³-hybridized carbons (Fsp3) is 0.333. The Hall–Kier alpha value is -0.640. The maximum atomic E-state index is 3.70. The monoisotopic (exact) mass is 409 g/mol. The molecule has 1 unspecified atom stereocenters. The van der Waals surface area contributed by atoms with Gasteiger partial charge in [-0.1, -0.05) is 68.6 Å². The van der Waals surface area contributed by atoms with E-state index in [0.29, 0.717) is 6.04 Å². The van der Waals surface area contributed by atoms with Crippen LogP contribution in [0.2, 0.25) is 0 Å². The highest BCUT2D eigenvalue weighted by Gasteiger charge is 2.15. The zero-order valence-corrected chi connectivity index (χ0v) is 15.7. The van der Waals surface area contributed by atoms with Gasteiger partial charge in [0.2, 0.25) is 0 Å². The predicted molar refractivity (Wildman–Crippen MR) is 97.8 cm³/mol. The molecule has 0 saturated heterocycles. The van der Waals surface area contributed by atoms with Crippen LogP contribution >= 0.6 is 31.9 Å². The molecule has 0 amide bonds. The average molecular weight is 411 g/mol. The molecule has 2 rings (SSSR count). The van der Waals surface area contributed by atoms with Crippen LogP contribution in [0.3, 0.4) is 0 Å². The van der Waals surface area contributed by atoms with Gasteiger partial charge in [0.1, 0.15) is 0 Å². The van der Waals surface area contributed by atoms with Gasteiger partial charge in [-0.3, -0.25) is 0 Å². The molecule has 2 aromatic rings. The number of benzene rings is 2. The SMILES string of the molecule is CCCNC(Cc1cccc(Br)c1)c1cc(C)ccc1Br. The number of rotatable bonds is 6. The van der Waals surface area contributed by atoms with Gasteiger partial charge in [0.15, 0.2) is 0 Å². The maximum absolute atomic E-state index is 3.70. The second-order valence-electron chi connectivity index (χ2n) is 5.37. The molecule has 0 aliphatic carbocycles. The summed E-state index contributed by atoms with van der Waals surface area (Å²) < 4.78 is 2.31. The summed E-state index contributed by atoms with van der Waals surface area (Å²) in [5.41, 5.74) is 3.97. The summed E-state index contributed by atoms with van der Waals surface area (Å²) in [6, 6.07) is 15.4. The van der Waals surface area contributed by atoms with E-state index in [1.807, 2.05) is 0 Å². The van der Waals surface area contributed by atoms with E-state index in [9.17, 15) is 0 Å². The third-order valence-corrected chi connectivity index (χ3v) is 4.71. The molecule has 0 aliphatic rings. The Labute approximate surface area is 144 Å². The fourth-order valence-electron chi connectivity index (χ4n) is 2.44. The first-order chi connectivity index (χ1) is 10.1. The second kappa shape index (κ2) is 8.11. The van der Waals surface area contributed by atoms with E-state index in [0.717, 1.165) is 23.9 Å². The van der Waals surface area contributed by atoms with E-state index in [4.69, 9.17) is 0 Å². The molecular weight excluding hydrogens is 390 g/mol. The summed E-state index contributed by atoms with van der Waals surface area (Å²) in [7, 11) is 0. The van der Waals surface area contributed by atoms with Crippen molar-refractivity contribution in [1.82, 2.24) is 5.32 Å². The predicted octanol–water partition coefficient (Wildman–Crippen LogP) is 5.80. The molecule has 1 nitrogen and oxygen atoms in total. The van der Waals surface area contributed by atoms with Crippen molar-refractivity contribution in [2.45, 2.75) is 32.7 Å². The van der Waals surface area contributed by atoms with Gasteiger partial charge in [-0.15, -0.1) is 0 Å². The van der Waals surface area contributed by atoms with Crippen molar-refractivity contribution in [2.75, 3.05) is 6.54 Å². The Morgan fingerprint density at radius 3 is 2.62 bits per heavy atom. The van der Waals surface area contributed by atoms with Gasteiger partial charge in [0.05, 0.1) is 0 Å². The van der Waals surface area contributed by atoms with Gasteiger partial charge in [0.25, 0.3) is 0 Å². The topological polar surface area (TPSA) is 12.0 Å². The molecular formula is C18H21Br2N. The molecule has 0 aromatic heterocycles. The third kappa shape index (κ3) is 4.94. The van der Waals surface area contributed by atoms with Crippen LogP contribution in [0.15, 0.2) is 51.4 Å². The van der Waals surface area contributed by atoms with Gasteiger partial charge in [-0.2, -0.15) is 0 Å². The van der Waals surface area contributed by atoms with Crippen molar-refractivity contribution in [2.24, 2.45) is 0 Å². The highest BCUT2D eigenvalue weighted by molar-refractivity contribution is 9.10. The zero-order valence-electron chi connectivity index (χ0n) is 12.5. The lowest BCUT2D eigenvalue weighted by molar-refractivity contribution is 0.527. The molecule has 112 valence electrons. The van der Waals surface area contributed by atoms with Gasteiger partial charge < -0.3 is 5.32 Å². The molecule has 3 heteroatoms. The second-order valence-corrected chi connectivity index (χ2v) is 7.14. The van der Waals surface area contributed by atoms with Crippen molar-refractivity contribution in [3.05, 3.63) is 68.1 Å². The molecule has 1 N–H and O–H groups in total. The Bertz CT molecular complexity index is 596. The number of hydrogen-bond acceptors (Lipinski definition) is 1. The molecule has 0 spiro atoms. The van der Waals surface area contributed by atoms with Gasteiger partial charge in [-0.25, -0.2) is 0 Å². The zero-order chi connectivity index (χ0) is 15.2. The molecule has 0 radical (unpaired) electrons. The standard InChI is InChI=1S/C18H21Br2N/c1-3-9-21-18(12-14-5-4-6-15(19)11-14)16-10-13(2)7-8-17(16)20/h4-8,10-11,18,21H,3,9,12H2,1-2H3. The summed E-state index contributed by atoms with van der Waals surface area (Å²) in [5, 5.41) is 3.68. The van der Waals surface area contributed by atoms with E-state index in [2.05, 4.69) is 93.5 Å². The Kier molecular flexibility index (Phi) is 6.46. The van der Waals surface area contributed by atoms with Crippen molar-refractivity contribution < 1.29 is 0 Å². The highest BCUT2D eigenvalue weighted by Crippen LogP contribution is 2.28. The van der Waals surface area contributed by atoms with Gasteiger partial charge in [0, 0.05) is 15.0 Å². The maximum Gasteiger partial charge on any atom is 0.0372 e. The smallest absolute Gasteiger partial charge is 0.0372 e. The molecule has 0 bridgehead atoms. The molecule has 0 heterocycles. The average Bonchev–Trinajstić information content (AvgIpc) is 2.46. The third-order valence-electron chi connectivity index (χ3n) is 3.50. The van der Waals surface area contributed by atoms with Crippen LogP contribution in [-0.2, 0) is 6.42 Å².